The zero-order valence-corrected chi connectivity index (χ0v) is 12.4. The average Bonchev–Trinajstić information content (AvgIpc) is 2.97. The van der Waals surface area contributed by atoms with Gasteiger partial charge < -0.3 is 15.7 Å². The molecule has 3 N–H and O–H groups in total. The number of likely N-dealkylation sites (tertiary alicyclic amines) is 1. The van der Waals surface area contributed by atoms with Crippen molar-refractivity contribution < 1.29 is 14.7 Å². The van der Waals surface area contributed by atoms with Crippen LogP contribution in [0.5, 0.6) is 0 Å². The fraction of sp³-hybridized carbons (Fsp3) is 0.571. The van der Waals surface area contributed by atoms with Gasteiger partial charge in [-0.3, -0.25) is 4.90 Å². The standard InChI is InChI=1S/C14H19N3O3S/c18-13(19)12(11-2-1-7-21-11)16-14(20)15-9-5-6-17(8-9)10-3-4-10/h1-2,7,9-10,12H,3-6,8H2,(H,18,19)(H2,15,16,20). The highest BCUT2D eigenvalue weighted by atomic mass is 32.1. The maximum absolute atomic E-state index is 12.0. The lowest BCUT2D eigenvalue weighted by Gasteiger charge is -2.18. The fourth-order valence-electron chi connectivity index (χ4n) is 2.74. The first-order chi connectivity index (χ1) is 10.1. The topological polar surface area (TPSA) is 81.7 Å². The number of nitrogens with one attached hydrogen (secondary N) is 2. The third-order valence-electron chi connectivity index (χ3n) is 3.97. The minimum atomic E-state index is -1.04. The van der Waals surface area contributed by atoms with Crippen LogP contribution in [0.1, 0.15) is 30.2 Å². The zero-order chi connectivity index (χ0) is 14.8. The molecule has 114 valence electrons. The molecule has 3 rings (SSSR count). The van der Waals surface area contributed by atoms with Crippen molar-refractivity contribution in [3.8, 4) is 0 Å². The average molecular weight is 309 g/mol. The second-order valence-corrected chi connectivity index (χ2v) is 6.60. The highest BCUT2D eigenvalue weighted by molar-refractivity contribution is 7.10. The lowest BCUT2D eigenvalue weighted by Crippen LogP contribution is -2.46. The van der Waals surface area contributed by atoms with E-state index in [0.717, 1.165) is 19.5 Å². The summed E-state index contributed by atoms with van der Waals surface area (Å²) in [5.74, 6) is -1.04. The molecule has 2 unspecified atom stereocenters. The van der Waals surface area contributed by atoms with Crippen molar-refractivity contribution in [3.63, 3.8) is 0 Å². The first kappa shape index (κ1) is 14.3. The number of rotatable bonds is 5. The summed E-state index contributed by atoms with van der Waals surface area (Å²) in [7, 11) is 0. The van der Waals surface area contributed by atoms with Gasteiger partial charge in [0.15, 0.2) is 6.04 Å². The van der Waals surface area contributed by atoms with Crippen LogP contribution in [0, 0.1) is 0 Å². The quantitative estimate of drug-likeness (QED) is 0.768. The van der Waals surface area contributed by atoms with Crippen molar-refractivity contribution in [2.75, 3.05) is 13.1 Å². The molecule has 1 aliphatic heterocycles. The minimum absolute atomic E-state index is 0.114. The Kier molecular flexibility index (Phi) is 4.12. The SMILES string of the molecule is O=C(NC1CCN(C2CC2)C1)NC(C(=O)O)c1cccs1. The van der Waals surface area contributed by atoms with E-state index in [-0.39, 0.29) is 6.04 Å². The van der Waals surface area contributed by atoms with Crippen molar-refractivity contribution >= 4 is 23.3 Å². The lowest BCUT2D eigenvalue weighted by atomic mass is 10.2. The molecule has 1 saturated carbocycles. The smallest absolute Gasteiger partial charge is 0.331 e. The summed E-state index contributed by atoms with van der Waals surface area (Å²) < 4.78 is 0. The Bertz CT molecular complexity index is 516. The monoisotopic (exact) mass is 309 g/mol. The van der Waals surface area contributed by atoms with Gasteiger partial charge in [-0.25, -0.2) is 9.59 Å². The molecule has 1 saturated heterocycles. The Morgan fingerprint density at radius 3 is 2.81 bits per heavy atom. The Balaban J connectivity index is 1.52. The molecule has 0 radical (unpaired) electrons. The summed E-state index contributed by atoms with van der Waals surface area (Å²) in [6.07, 6.45) is 3.46. The number of carbonyl (C=O) groups excluding carboxylic acids is 1. The van der Waals surface area contributed by atoms with E-state index in [4.69, 9.17) is 0 Å². The van der Waals surface area contributed by atoms with Gasteiger partial charge in [-0.1, -0.05) is 6.07 Å². The van der Waals surface area contributed by atoms with E-state index in [9.17, 15) is 14.7 Å². The van der Waals surface area contributed by atoms with Gasteiger partial charge in [0.1, 0.15) is 0 Å². The number of carboxylic acids is 1. The van der Waals surface area contributed by atoms with Crippen LogP contribution in [-0.2, 0) is 4.79 Å². The second-order valence-electron chi connectivity index (χ2n) is 5.62. The molecule has 7 heteroatoms. The number of carboxylic acid groups (broad SMARTS) is 1. The highest BCUT2D eigenvalue weighted by Crippen LogP contribution is 2.29. The van der Waals surface area contributed by atoms with Crippen LogP contribution in [0.15, 0.2) is 17.5 Å². The first-order valence-electron chi connectivity index (χ1n) is 7.21. The van der Waals surface area contributed by atoms with Gasteiger partial charge in [0.05, 0.1) is 0 Å². The molecular formula is C14H19N3O3S. The number of nitrogens with zero attached hydrogens (tertiary/aromatic N) is 1. The Morgan fingerprint density at radius 1 is 1.38 bits per heavy atom. The van der Waals surface area contributed by atoms with Crippen molar-refractivity contribution in [2.24, 2.45) is 0 Å². The number of amides is 2. The van der Waals surface area contributed by atoms with Crippen LogP contribution in [0.3, 0.4) is 0 Å². The van der Waals surface area contributed by atoms with Crippen LogP contribution in [0.25, 0.3) is 0 Å². The maximum Gasteiger partial charge on any atom is 0.331 e. The van der Waals surface area contributed by atoms with Gasteiger partial charge in [0.25, 0.3) is 0 Å². The maximum atomic E-state index is 12.0. The van der Waals surface area contributed by atoms with Crippen LogP contribution < -0.4 is 10.6 Å². The van der Waals surface area contributed by atoms with E-state index in [1.807, 2.05) is 0 Å². The molecule has 1 aromatic rings. The molecule has 1 aliphatic carbocycles. The number of thiophene rings is 1. The number of hydrogen-bond acceptors (Lipinski definition) is 4. The van der Waals surface area contributed by atoms with E-state index in [2.05, 4.69) is 15.5 Å². The molecule has 2 amide bonds. The molecule has 0 aromatic carbocycles. The van der Waals surface area contributed by atoms with E-state index in [0.29, 0.717) is 10.9 Å². The van der Waals surface area contributed by atoms with Crippen LogP contribution in [0.4, 0.5) is 4.79 Å². The Morgan fingerprint density at radius 2 is 2.19 bits per heavy atom. The van der Waals surface area contributed by atoms with Crippen molar-refractivity contribution in [1.29, 1.82) is 0 Å². The third kappa shape index (κ3) is 3.54. The lowest BCUT2D eigenvalue weighted by molar-refractivity contribution is -0.139. The first-order valence-corrected chi connectivity index (χ1v) is 8.09. The largest absolute Gasteiger partial charge is 0.479 e. The van der Waals surface area contributed by atoms with Gasteiger partial charge in [-0.05, 0) is 30.7 Å². The van der Waals surface area contributed by atoms with E-state index in [1.54, 1.807) is 17.5 Å². The molecule has 6 nitrogen and oxygen atoms in total. The zero-order valence-electron chi connectivity index (χ0n) is 11.6. The summed E-state index contributed by atoms with van der Waals surface area (Å²) in [6.45, 7) is 1.89. The molecule has 2 heterocycles. The molecular weight excluding hydrogens is 290 g/mol. The van der Waals surface area contributed by atoms with Crippen LogP contribution >= 0.6 is 11.3 Å². The normalized spacial score (nSPS) is 23.7. The predicted molar refractivity (Wildman–Crippen MR) is 79.4 cm³/mol. The molecule has 0 spiro atoms. The van der Waals surface area contributed by atoms with Crippen molar-refractivity contribution in [2.45, 2.75) is 37.4 Å². The van der Waals surface area contributed by atoms with Gasteiger partial charge >= 0.3 is 12.0 Å². The Labute approximate surface area is 127 Å². The van der Waals surface area contributed by atoms with Crippen LogP contribution in [-0.4, -0.2) is 47.2 Å². The van der Waals surface area contributed by atoms with Crippen LogP contribution in [0.2, 0.25) is 0 Å². The summed E-state index contributed by atoms with van der Waals surface area (Å²) >= 11 is 1.33. The number of urea groups is 1. The van der Waals surface area contributed by atoms with Gasteiger partial charge in [-0.2, -0.15) is 0 Å². The van der Waals surface area contributed by atoms with Gasteiger partial charge in [0.2, 0.25) is 0 Å². The van der Waals surface area contributed by atoms with E-state index >= 15 is 0 Å². The van der Waals surface area contributed by atoms with Crippen molar-refractivity contribution in [3.05, 3.63) is 22.4 Å². The Hall–Kier alpha value is -1.60. The van der Waals surface area contributed by atoms with E-state index < -0.39 is 18.0 Å². The summed E-state index contributed by atoms with van der Waals surface area (Å²) in [4.78, 5) is 26.3. The van der Waals surface area contributed by atoms with Crippen molar-refractivity contribution in [1.82, 2.24) is 15.5 Å². The van der Waals surface area contributed by atoms with E-state index in [1.165, 1.54) is 24.2 Å². The summed E-state index contributed by atoms with van der Waals surface area (Å²) in [6, 6.07) is 2.93. The van der Waals surface area contributed by atoms with Gasteiger partial charge in [-0.15, -0.1) is 11.3 Å². The summed E-state index contributed by atoms with van der Waals surface area (Å²) in [5.41, 5.74) is 0. The molecule has 2 fully saturated rings. The minimum Gasteiger partial charge on any atom is -0.479 e. The summed E-state index contributed by atoms with van der Waals surface area (Å²) in [5, 5.41) is 16.5. The molecule has 1 aromatic heterocycles. The predicted octanol–water partition coefficient (Wildman–Crippen LogP) is 1.41. The highest BCUT2D eigenvalue weighted by Gasteiger charge is 2.35. The number of hydrogen-bond donors (Lipinski definition) is 3. The molecule has 21 heavy (non-hydrogen) atoms. The van der Waals surface area contributed by atoms with Gasteiger partial charge in [0, 0.05) is 30.1 Å². The molecule has 0 bridgehead atoms. The molecule has 2 aliphatic rings. The third-order valence-corrected chi connectivity index (χ3v) is 4.91. The number of aliphatic carboxylic acids is 1. The fourth-order valence-corrected chi connectivity index (χ4v) is 3.51. The number of carbonyl (C=O) groups is 2. The second kappa shape index (κ2) is 6.03. The molecule has 2 atom stereocenters.